The molecule has 1 aliphatic rings. The van der Waals surface area contributed by atoms with Gasteiger partial charge in [-0.15, -0.1) is 0 Å². The number of aromatic amines is 1. The minimum absolute atomic E-state index is 0.123. The Morgan fingerprint density at radius 1 is 1.40 bits per heavy atom. The summed E-state index contributed by atoms with van der Waals surface area (Å²) in [7, 11) is 0. The molecule has 3 rings (SSSR count). The van der Waals surface area contributed by atoms with Gasteiger partial charge in [-0.25, -0.2) is 4.98 Å². The van der Waals surface area contributed by atoms with E-state index in [0.717, 1.165) is 5.56 Å². The molecule has 25 heavy (non-hydrogen) atoms. The van der Waals surface area contributed by atoms with Crippen molar-refractivity contribution in [1.82, 2.24) is 9.97 Å². The number of nitrogens with zero attached hydrogens (tertiary/aromatic N) is 1. The topological polar surface area (TPSA) is 104 Å². The first-order valence-corrected chi connectivity index (χ1v) is 9.04. The van der Waals surface area contributed by atoms with Crippen LogP contribution in [0, 0.1) is 6.92 Å². The second kappa shape index (κ2) is 6.89. The average molecular weight is 379 g/mol. The van der Waals surface area contributed by atoms with E-state index >= 15 is 0 Å². The van der Waals surface area contributed by atoms with E-state index < -0.39 is 17.4 Å². The first-order chi connectivity index (χ1) is 11.9. The highest BCUT2D eigenvalue weighted by atomic mass is 35.5. The summed E-state index contributed by atoms with van der Waals surface area (Å²) >= 11 is 7.21. The Bertz CT molecular complexity index is 928. The van der Waals surface area contributed by atoms with Gasteiger partial charge in [-0.3, -0.25) is 14.4 Å². The van der Waals surface area contributed by atoms with Crippen LogP contribution in [0.3, 0.4) is 0 Å². The van der Waals surface area contributed by atoms with Gasteiger partial charge in [0.15, 0.2) is 5.16 Å². The lowest BCUT2D eigenvalue weighted by Gasteiger charge is -2.23. The summed E-state index contributed by atoms with van der Waals surface area (Å²) in [5, 5.41) is 6.16. The first-order valence-electron chi connectivity index (χ1n) is 7.44. The molecular formula is C16H15ClN4O3S. The summed E-state index contributed by atoms with van der Waals surface area (Å²) in [6.07, 6.45) is 1.63. The van der Waals surface area contributed by atoms with Gasteiger partial charge >= 0.3 is 0 Å². The molecule has 1 aromatic heterocycles. The van der Waals surface area contributed by atoms with Crippen molar-refractivity contribution in [2.45, 2.75) is 24.4 Å². The fourth-order valence-corrected chi connectivity index (χ4v) is 3.17. The number of halogens is 1. The normalized spacial score (nSPS) is 16.1. The number of rotatable bonds is 3. The molecule has 7 nitrogen and oxygen atoms in total. The van der Waals surface area contributed by atoms with Crippen molar-refractivity contribution in [2.24, 2.45) is 0 Å². The maximum absolute atomic E-state index is 12.7. The molecule has 2 aromatic rings. The van der Waals surface area contributed by atoms with Gasteiger partial charge < -0.3 is 15.6 Å². The van der Waals surface area contributed by atoms with Crippen LogP contribution in [0.15, 0.2) is 28.2 Å². The number of aromatic nitrogens is 2. The number of nitrogens with one attached hydrogen (secondary N) is 3. The molecule has 130 valence electrons. The van der Waals surface area contributed by atoms with Gasteiger partial charge in [0.1, 0.15) is 5.82 Å². The lowest BCUT2D eigenvalue weighted by atomic mass is 9.92. The lowest BCUT2D eigenvalue weighted by Crippen LogP contribution is -2.36. The van der Waals surface area contributed by atoms with Crippen LogP contribution in [0.4, 0.5) is 11.5 Å². The van der Waals surface area contributed by atoms with Crippen molar-refractivity contribution in [3.8, 4) is 0 Å². The number of amides is 2. The van der Waals surface area contributed by atoms with Crippen LogP contribution in [0.5, 0.6) is 0 Å². The molecule has 0 spiro atoms. The van der Waals surface area contributed by atoms with Crippen molar-refractivity contribution in [1.29, 1.82) is 0 Å². The molecular weight excluding hydrogens is 364 g/mol. The maximum Gasteiger partial charge on any atom is 0.257 e. The number of H-pyrrole nitrogens is 1. The Morgan fingerprint density at radius 3 is 2.88 bits per heavy atom. The largest absolute Gasteiger partial charge is 0.325 e. The van der Waals surface area contributed by atoms with Crippen molar-refractivity contribution in [2.75, 3.05) is 16.9 Å². The van der Waals surface area contributed by atoms with Gasteiger partial charge in [0.2, 0.25) is 11.8 Å². The average Bonchev–Trinajstić information content (AvgIpc) is 2.56. The molecule has 1 aliphatic heterocycles. The van der Waals surface area contributed by atoms with Crippen LogP contribution in [-0.4, -0.2) is 28.0 Å². The number of hydrogen-bond acceptors (Lipinski definition) is 5. The molecule has 0 saturated heterocycles. The Kier molecular flexibility index (Phi) is 4.82. The number of carbonyl (C=O) groups is 2. The molecule has 1 unspecified atom stereocenters. The highest BCUT2D eigenvalue weighted by molar-refractivity contribution is 7.98. The van der Waals surface area contributed by atoms with Crippen molar-refractivity contribution in [3.63, 3.8) is 0 Å². The predicted octanol–water partition coefficient (Wildman–Crippen LogP) is 2.52. The third kappa shape index (κ3) is 3.54. The zero-order chi connectivity index (χ0) is 18.1. The maximum atomic E-state index is 12.7. The lowest BCUT2D eigenvalue weighted by molar-refractivity contribution is -0.123. The van der Waals surface area contributed by atoms with E-state index in [1.807, 2.05) is 6.92 Å². The molecule has 0 aliphatic carbocycles. The Morgan fingerprint density at radius 2 is 2.16 bits per heavy atom. The number of hydrogen-bond donors (Lipinski definition) is 3. The summed E-state index contributed by atoms with van der Waals surface area (Å²) in [5.74, 6) is -1.60. The number of anilines is 2. The minimum Gasteiger partial charge on any atom is -0.325 e. The minimum atomic E-state index is -0.922. The SMILES string of the molecule is CSc1nc2c(c(=O)[nH]1)C(C(=O)Nc1cc(Cl)ccc1C)CC(=O)N2. The van der Waals surface area contributed by atoms with Crippen LogP contribution in [0.2, 0.25) is 5.02 Å². The zero-order valence-corrected chi connectivity index (χ0v) is 15.0. The smallest absolute Gasteiger partial charge is 0.257 e. The monoisotopic (exact) mass is 378 g/mol. The molecule has 0 radical (unpaired) electrons. The number of benzene rings is 1. The first kappa shape index (κ1) is 17.5. The fraction of sp³-hybridized carbons (Fsp3) is 0.250. The molecule has 1 atom stereocenters. The second-order valence-electron chi connectivity index (χ2n) is 5.59. The number of aryl methyl sites for hydroxylation is 1. The van der Waals surface area contributed by atoms with Crippen LogP contribution >= 0.6 is 23.4 Å². The third-order valence-electron chi connectivity index (χ3n) is 3.90. The van der Waals surface area contributed by atoms with Crippen LogP contribution in [-0.2, 0) is 9.59 Å². The van der Waals surface area contributed by atoms with Gasteiger partial charge in [-0.2, -0.15) is 0 Å². The van der Waals surface area contributed by atoms with Gasteiger partial charge in [-0.05, 0) is 30.9 Å². The van der Waals surface area contributed by atoms with E-state index in [4.69, 9.17) is 11.6 Å². The molecule has 2 heterocycles. The molecule has 0 bridgehead atoms. The van der Waals surface area contributed by atoms with Gasteiger partial charge in [0, 0.05) is 17.1 Å². The highest BCUT2D eigenvalue weighted by Crippen LogP contribution is 2.30. The molecule has 0 fully saturated rings. The summed E-state index contributed by atoms with van der Waals surface area (Å²) in [4.78, 5) is 43.9. The second-order valence-corrected chi connectivity index (χ2v) is 6.82. The summed E-state index contributed by atoms with van der Waals surface area (Å²) in [6, 6.07) is 5.12. The van der Waals surface area contributed by atoms with Crippen molar-refractivity contribution >= 4 is 46.7 Å². The number of carbonyl (C=O) groups excluding carboxylic acids is 2. The van der Waals surface area contributed by atoms with Crippen LogP contribution in [0.1, 0.15) is 23.5 Å². The molecule has 9 heteroatoms. The third-order valence-corrected chi connectivity index (χ3v) is 4.71. The molecule has 3 N–H and O–H groups in total. The van der Waals surface area contributed by atoms with Crippen molar-refractivity contribution in [3.05, 3.63) is 44.7 Å². The highest BCUT2D eigenvalue weighted by Gasteiger charge is 2.34. The summed E-state index contributed by atoms with van der Waals surface area (Å²) in [6.45, 7) is 1.83. The quantitative estimate of drug-likeness (QED) is 0.562. The molecule has 1 aromatic carbocycles. The Labute approximate surface area is 152 Å². The van der Waals surface area contributed by atoms with Crippen LogP contribution in [0.25, 0.3) is 0 Å². The van der Waals surface area contributed by atoms with Gasteiger partial charge in [0.25, 0.3) is 5.56 Å². The van der Waals surface area contributed by atoms with Gasteiger partial charge in [-0.1, -0.05) is 29.4 Å². The van der Waals surface area contributed by atoms with E-state index in [1.54, 1.807) is 24.5 Å². The van der Waals surface area contributed by atoms with E-state index in [2.05, 4.69) is 20.6 Å². The standard InChI is InChI=1S/C16H15ClN4O3S/c1-7-3-4-8(17)5-10(7)18-14(23)9-6-11(22)19-13-12(9)15(24)21-16(20-13)25-2/h3-5,9H,6H2,1-2H3,(H,18,23)(H2,19,20,21,22,24). The van der Waals surface area contributed by atoms with E-state index in [0.29, 0.717) is 15.9 Å². The van der Waals surface area contributed by atoms with Gasteiger partial charge in [0.05, 0.1) is 11.5 Å². The predicted molar refractivity (Wildman–Crippen MR) is 97.4 cm³/mol. The number of fused-ring (bicyclic) bond motifs is 1. The van der Waals surface area contributed by atoms with Crippen LogP contribution < -0.4 is 16.2 Å². The number of thioether (sulfide) groups is 1. The Balaban J connectivity index is 1.98. The summed E-state index contributed by atoms with van der Waals surface area (Å²) < 4.78 is 0. The van der Waals surface area contributed by atoms with E-state index in [9.17, 15) is 14.4 Å². The zero-order valence-electron chi connectivity index (χ0n) is 13.5. The van der Waals surface area contributed by atoms with E-state index in [-0.39, 0.29) is 23.7 Å². The van der Waals surface area contributed by atoms with Crippen molar-refractivity contribution < 1.29 is 9.59 Å². The summed E-state index contributed by atoms with van der Waals surface area (Å²) in [5.41, 5.74) is 1.09. The fourth-order valence-electron chi connectivity index (χ4n) is 2.62. The Hall–Kier alpha value is -2.32. The molecule has 0 saturated carbocycles. The van der Waals surface area contributed by atoms with E-state index in [1.165, 1.54) is 11.8 Å². The molecule has 2 amide bonds.